The quantitative estimate of drug-likeness (QED) is 0.919. The Bertz CT molecular complexity index is 579. The summed E-state index contributed by atoms with van der Waals surface area (Å²) in [6.45, 7) is 1.79. The van der Waals surface area contributed by atoms with E-state index in [-0.39, 0.29) is 12.4 Å². The maximum atomic E-state index is 14.1. The first-order valence-corrected chi connectivity index (χ1v) is 6.39. The van der Waals surface area contributed by atoms with Crippen LogP contribution in [0.3, 0.4) is 0 Å². The lowest BCUT2D eigenvalue weighted by atomic mass is 10.0. The minimum absolute atomic E-state index is 0.293. The van der Waals surface area contributed by atoms with Crippen LogP contribution >= 0.6 is 0 Å². The molecule has 1 aliphatic heterocycles. The van der Waals surface area contributed by atoms with Crippen molar-refractivity contribution in [1.29, 1.82) is 0 Å². The Kier molecular flexibility index (Phi) is 3.17. The number of benzene rings is 1. The van der Waals surface area contributed by atoms with Gasteiger partial charge in [0.25, 0.3) is 0 Å². The van der Waals surface area contributed by atoms with E-state index in [1.54, 1.807) is 24.4 Å². The molecule has 0 spiro atoms. The summed E-state index contributed by atoms with van der Waals surface area (Å²) >= 11 is 0. The standard InChI is InChI=1S/C15H15FN2O/c16-15-12(10-19)3-1-4-13(15)11-5-6-14(17-9-11)18-7-2-8-18/h1,3-6,9,19H,2,7-8,10H2. The van der Waals surface area contributed by atoms with Gasteiger partial charge in [-0.05, 0) is 18.6 Å². The van der Waals surface area contributed by atoms with Crippen LogP contribution in [0.4, 0.5) is 10.2 Å². The monoisotopic (exact) mass is 258 g/mol. The SMILES string of the molecule is OCc1cccc(-c2ccc(N3CCC3)nc2)c1F. The van der Waals surface area contributed by atoms with Crippen molar-refractivity contribution in [2.75, 3.05) is 18.0 Å². The molecule has 0 radical (unpaired) electrons. The number of rotatable bonds is 3. The molecular weight excluding hydrogens is 243 g/mol. The Morgan fingerprint density at radius 3 is 2.63 bits per heavy atom. The number of anilines is 1. The second-order valence-corrected chi connectivity index (χ2v) is 4.68. The molecule has 0 unspecified atom stereocenters. The van der Waals surface area contributed by atoms with E-state index in [0.29, 0.717) is 11.1 Å². The summed E-state index contributed by atoms with van der Waals surface area (Å²) in [7, 11) is 0. The van der Waals surface area contributed by atoms with Crippen molar-refractivity contribution in [1.82, 2.24) is 4.98 Å². The fraction of sp³-hybridized carbons (Fsp3) is 0.267. The topological polar surface area (TPSA) is 36.4 Å². The molecule has 1 aromatic heterocycles. The van der Waals surface area contributed by atoms with Crippen molar-refractivity contribution >= 4 is 5.82 Å². The van der Waals surface area contributed by atoms with Gasteiger partial charge in [0.15, 0.2) is 0 Å². The van der Waals surface area contributed by atoms with Crippen LogP contribution in [0.5, 0.6) is 0 Å². The Morgan fingerprint density at radius 2 is 2.05 bits per heavy atom. The molecule has 1 fully saturated rings. The molecule has 1 N–H and O–H groups in total. The maximum Gasteiger partial charge on any atom is 0.136 e. The number of aliphatic hydroxyl groups is 1. The number of aromatic nitrogens is 1. The normalized spacial score (nSPS) is 14.3. The fourth-order valence-corrected chi connectivity index (χ4v) is 2.20. The molecule has 1 aromatic carbocycles. The molecule has 0 aliphatic carbocycles. The van der Waals surface area contributed by atoms with E-state index >= 15 is 0 Å². The van der Waals surface area contributed by atoms with Crippen molar-refractivity contribution in [2.45, 2.75) is 13.0 Å². The molecule has 3 nitrogen and oxygen atoms in total. The van der Waals surface area contributed by atoms with E-state index < -0.39 is 0 Å². The third-order valence-electron chi connectivity index (χ3n) is 3.49. The smallest absolute Gasteiger partial charge is 0.136 e. The third kappa shape index (κ3) is 2.19. The zero-order valence-corrected chi connectivity index (χ0v) is 10.5. The second-order valence-electron chi connectivity index (χ2n) is 4.68. The second kappa shape index (κ2) is 4.97. The number of pyridine rings is 1. The first-order chi connectivity index (χ1) is 9.29. The fourth-order valence-electron chi connectivity index (χ4n) is 2.20. The van der Waals surface area contributed by atoms with Gasteiger partial charge >= 0.3 is 0 Å². The molecule has 2 aromatic rings. The molecule has 0 atom stereocenters. The molecule has 1 aliphatic rings. The van der Waals surface area contributed by atoms with Crippen LogP contribution in [0.1, 0.15) is 12.0 Å². The van der Waals surface area contributed by atoms with E-state index in [1.807, 2.05) is 12.1 Å². The van der Waals surface area contributed by atoms with Gasteiger partial charge in [-0.15, -0.1) is 0 Å². The molecule has 19 heavy (non-hydrogen) atoms. The highest BCUT2D eigenvalue weighted by atomic mass is 19.1. The number of halogens is 1. The molecule has 1 saturated heterocycles. The Morgan fingerprint density at radius 1 is 1.21 bits per heavy atom. The molecule has 2 heterocycles. The molecule has 0 amide bonds. The highest BCUT2D eigenvalue weighted by Crippen LogP contribution is 2.26. The summed E-state index contributed by atoms with van der Waals surface area (Å²) in [5, 5.41) is 9.08. The van der Waals surface area contributed by atoms with Gasteiger partial charge in [0.2, 0.25) is 0 Å². The van der Waals surface area contributed by atoms with Crippen LogP contribution in [0, 0.1) is 5.82 Å². The zero-order valence-electron chi connectivity index (χ0n) is 10.5. The van der Waals surface area contributed by atoms with Crippen molar-refractivity contribution in [3.63, 3.8) is 0 Å². The molecule has 98 valence electrons. The average Bonchev–Trinajstić information content (AvgIpc) is 2.38. The van der Waals surface area contributed by atoms with Crippen LogP contribution in [-0.4, -0.2) is 23.2 Å². The Balaban J connectivity index is 1.93. The highest BCUT2D eigenvalue weighted by Gasteiger charge is 2.16. The van der Waals surface area contributed by atoms with E-state index in [1.165, 1.54) is 6.42 Å². The van der Waals surface area contributed by atoms with E-state index in [0.717, 1.165) is 24.5 Å². The molecular formula is C15H15FN2O. The molecule has 0 saturated carbocycles. The van der Waals surface area contributed by atoms with E-state index in [4.69, 9.17) is 5.11 Å². The minimum atomic E-state index is -0.372. The zero-order chi connectivity index (χ0) is 13.2. The van der Waals surface area contributed by atoms with Crippen molar-refractivity contribution in [2.24, 2.45) is 0 Å². The lowest BCUT2D eigenvalue weighted by Crippen LogP contribution is -2.37. The van der Waals surface area contributed by atoms with E-state index in [2.05, 4.69) is 9.88 Å². The van der Waals surface area contributed by atoms with Gasteiger partial charge in [-0.1, -0.05) is 18.2 Å². The van der Waals surface area contributed by atoms with Gasteiger partial charge in [-0.3, -0.25) is 0 Å². The number of hydrogen-bond donors (Lipinski definition) is 1. The predicted octanol–water partition coefficient (Wildman–Crippen LogP) is 2.59. The lowest BCUT2D eigenvalue weighted by molar-refractivity contribution is 0.276. The van der Waals surface area contributed by atoms with Gasteiger partial charge < -0.3 is 10.0 Å². The van der Waals surface area contributed by atoms with Crippen LogP contribution in [0.25, 0.3) is 11.1 Å². The van der Waals surface area contributed by atoms with Gasteiger partial charge in [0, 0.05) is 36.0 Å². The number of hydrogen-bond acceptors (Lipinski definition) is 3. The van der Waals surface area contributed by atoms with Crippen molar-refractivity contribution in [3.8, 4) is 11.1 Å². The van der Waals surface area contributed by atoms with Crippen molar-refractivity contribution in [3.05, 3.63) is 47.9 Å². The van der Waals surface area contributed by atoms with Crippen LogP contribution in [-0.2, 0) is 6.61 Å². The Labute approximate surface area is 111 Å². The van der Waals surface area contributed by atoms with Gasteiger partial charge in [-0.25, -0.2) is 9.37 Å². The van der Waals surface area contributed by atoms with Crippen LogP contribution < -0.4 is 4.90 Å². The maximum absolute atomic E-state index is 14.1. The summed E-state index contributed by atoms with van der Waals surface area (Å²) in [6.07, 6.45) is 2.89. The Hall–Kier alpha value is -1.94. The average molecular weight is 258 g/mol. The molecule has 0 bridgehead atoms. The summed E-state index contributed by atoms with van der Waals surface area (Å²) < 4.78 is 14.1. The lowest BCUT2D eigenvalue weighted by Gasteiger charge is -2.31. The summed E-state index contributed by atoms with van der Waals surface area (Å²) in [6, 6.07) is 8.82. The summed E-state index contributed by atoms with van der Waals surface area (Å²) in [4.78, 5) is 6.56. The van der Waals surface area contributed by atoms with Crippen LogP contribution in [0.15, 0.2) is 36.5 Å². The predicted molar refractivity (Wildman–Crippen MR) is 72.4 cm³/mol. The van der Waals surface area contributed by atoms with Gasteiger partial charge in [0.05, 0.1) is 6.61 Å². The van der Waals surface area contributed by atoms with Gasteiger partial charge in [0.1, 0.15) is 11.6 Å². The van der Waals surface area contributed by atoms with E-state index in [9.17, 15) is 4.39 Å². The van der Waals surface area contributed by atoms with Crippen LogP contribution in [0.2, 0.25) is 0 Å². The first kappa shape index (κ1) is 12.1. The summed E-state index contributed by atoms with van der Waals surface area (Å²) in [5.41, 5.74) is 1.52. The van der Waals surface area contributed by atoms with Crippen molar-refractivity contribution < 1.29 is 9.50 Å². The van der Waals surface area contributed by atoms with Gasteiger partial charge in [-0.2, -0.15) is 0 Å². The minimum Gasteiger partial charge on any atom is -0.392 e. The third-order valence-corrected chi connectivity index (χ3v) is 3.49. The highest BCUT2D eigenvalue weighted by molar-refractivity contribution is 5.65. The summed E-state index contributed by atoms with van der Waals surface area (Å²) in [5.74, 6) is 0.567. The number of nitrogens with zero attached hydrogens (tertiary/aromatic N) is 2. The number of aliphatic hydroxyl groups excluding tert-OH is 1. The molecule has 4 heteroatoms. The first-order valence-electron chi connectivity index (χ1n) is 6.39. The largest absolute Gasteiger partial charge is 0.392 e. The molecule has 3 rings (SSSR count).